The number of aryl methyl sites for hydroxylation is 1. The summed E-state index contributed by atoms with van der Waals surface area (Å²) in [7, 11) is 0. The average Bonchev–Trinajstić information content (AvgIpc) is 2.75. The van der Waals surface area contributed by atoms with Gasteiger partial charge in [-0.1, -0.05) is 29.8 Å². The third-order valence-electron chi connectivity index (χ3n) is 4.70. The quantitative estimate of drug-likeness (QED) is 0.730. The topological polar surface area (TPSA) is 83.0 Å². The molecule has 0 unspecified atom stereocenters. The molecule has 3 aromatic rings. The third-order valence-corrected chi connectivity index (χ3v) is 4.70. The lowest BCUT2D eigenvalue weighted by molar-refractivity contribution is 0.102. The number of benzene rings is 1. The first-order valence-corrected chi connectivity index (χ1v) is 9.32. The Labute approximate surface area is 163 Å². The van der Waals surface area contributed by atoms with E-state index in [1.54, 1.807) is 24.7 Å². The van der Waals surface area contributed by atoms with Gasteiger partial charge in [-0.3, -0.25) is 9.78 Å². The number of amides is 1. The number of aromatic nitrogens is 3. The van der Waals surface area contributed by atoms with E-state index >= 15 is 0 Å². The predicted octanol–water partition coefficient (Wildman–Crippen LogP) is 2.51. The molecule has 142 valence electrons. The lowest BCUT2D eigenvalue weighted by Gasteiger charge is -2.30. The summed E-state index contributed by atoms with van der Waals surface area (Å²) in [5.41, 5.74) is 4.01. The molecule has 0 bridgehead atoms. The minimum atomic E-state index is -0.278. The number of carbonyl (C=O) groups is 1. The Morgan fingerprint density at radius 3 is 2.64 bits per heavy atom. The molecule has 28 heavy (non-hydrogen) atoms. The molecule has 1 fully saturated rings. The highest BCUT2D eigenvalue weighted by molar-refractivity contribution is 6.04. The summed E-state index contributed by atoms with van der Waals surface area (Å²) in [6.07, 6.45) is 5.03. The van der Waals surface area contributed by atoms with Crippen LogP contribution in [0.5, 0.6) is 0 Å². The van der Waals surface area contributed by atoms with Crippen molar-refractivity contribution < 1.29 is 4.79 Å². The molecule has 7 nitrogen and oxygen atoms in total. The summed E-state index contributed by atoms with van der Waals surface area (Å²) in [4.78, 5) is 28.0. The van der Waals surface area contributed by atoms with Crippen molar-refractivity contribution in [3.63, 3.8) is 0 Å². The number of hydrogen-bond acceptors (Lipinski definition) is 6. The van der Waals surface area contributed by atoms with Gasteiger partial charge in [0.2, 0.25) is 0 Å². The van der Waals surface area contributed by atoms with Crippen LogP contribution >= 0.6 is 0 Å². The van der Waals surface area contributed by atoms with Gasteiger partial charge in [0.1, 0.15) is 5.69 Å². The van der Waals surface area contributed by atoms with E-state index < -0.39 is 0 Å². The Balaban J connectivity index is 1.56. The van der Waals surface area contributed by atoms with Gasteiger partial charge in [-0.25, -0.2) is 9.97 Å². The van der Waals surface area contributed by atoms with Crippen LogP contribution in [-0.4, -0.2) is 47.0 Å². The minimum Gasteiger partial charge on any atom is -0.367 e. The van der Waals surface area contributed by atoms with Gasteiger partial charge in [0.15, 0.2) is 5.82 Å². The summed E-state index contributed by atoms with van der Waals surface area (Å²) in [5.74, 6) is 0.251. The van der Waals surface area contributed by atoms with Crippen LogP contribution in [0.2, 0.25) is 0 Å². The number of nitrogens with one attached hydrogen (secondary N) is 2. The van der Waals surface area contributed by atoms with Gasteiger partial charge in [0.25, 0.3) is 5.91 Å². The van der Waals surface area contributed by atoms with E-state index in [1.807, 2.05) is 37.3 Å². The molecular weight excluding hydrogens is 352 g/mol. The molecule has 7 heteroatoms. The van der Waals surface area contributed by atoms with E-state index in [4.69, 9.17) is 0 Å². The van der Waals surface area contributed by atoms with Crippen LogP contribution in [-0.2, 0) is 0 Å². The normalized spacial score (nSPS) is 14.0. The van der Waals surface area contributed by atoms with Crippen LogP contribution in [0.3, 0.4) is 0 Å². The van der Waals surface area contributed by atoms with Crippen molar-refractivity contribution in [1.82, 2.24) is 20.3 Å². The zero-order valence-electron chi connectivity index (χ0n) is 15.7. The standard InChI is InChI=1S/C21H22N6O/c1-15-2-4-16(5-3-15)20-24-9-6-17(25-20)21(28)26-18-14-23-8-7-19(18)27-12-10-22-11-13-27/h2-9,14,22H,10-13H2,1H3,(H,26,28). The molecule has 0 aliphatic carbocycles. The van der Waals surface area contributed by atoms with E-state index in [-0.39, 0.29) is 5.91 Å². The van der Waals surface area contributed by atoms with Gasteiger partial charge in [0.05, 0.1) is 17.6 Å². The molecule has 1 amide bonds. The van der Waals surface area contributed by atoms with E-state index in [2.05, 4.69) is 30.5 Å². The molecule has 1 aliphatic heterocycles. The second kappa shape index (κ2) is 8.14. The van der Waals surface area contributed by atoms with Crippen molar-refractivity contribution in [3.8, 4) is 11.4 Å². The van der Waals surface area contributed by atoms with Crippen molar-refractivity contribution in [2.75, 3.05) is 36.4 Å². The van der Waals surface area contributed by atoms with Gasteiger partial charge in [-0.15, -0.1) is 0 Å². The molecule has 0 radical (unpaired) electrons. The number of pyridine rings is 1. The van der Waals surface area contributed by atoms with Gasteiger partial charge in [-0.05, 0) is 19.1 Å². The third kappa shape index (κ3) is 3.99. The van der Waals surface area contributed by atoms with E-state index in [9.17, 15) is 4.79 Å². The lowest BCUT2D eigenvalue weighted by atomic mass is 10.1. The molecule has 1 aliphatic rings. The summed E-state index contributed by atoms with van der Waals surface area (Å²) < 4.78 is 0. The van der Waals surface area contributed by atoms with E-state index in [1.165, 1.54) is 0 Å². The SMILES string of the molecule is Cc1ccc(-c2nccc(C(=O)Nc3cnccc3N3CCNCC3)n2)cc1. The summed E-state index contributed by atoms with van der Waals surface area (Å²) in [6, 6.07) is 11.5. The lowest BCUT2D eigenvalue weighted by Crippen LogP contribution is -2.43. The van der Waals surface area contributed by atoms with Crippen LogP contribution in [0.15, 0.2) is 55.0 Å². The van der Waals surface area contributed by atoms with Crippen LogP contribution in [0.25, 0.3) is 11.4 Å². The molecule has 0 spiro atoms. The van der Waals surface area contributed by atoms with E-state index in [0.29, 0.717) is 17.2 Å². The Morgan fingerprint density at radius 1 is 1.07 bits per heavy atom. The second-order valence-corrected chi connectivity index (χ2v) is 6.72. The van der Waals surface area contributed by atoms with Crippen molar-refractivity contribution in [1.29, 1.82) is 0 Å². The maximum absolute atomic E-state index is 12.8. The number of nitrogens with zero attached hydrogens (tertiary/aromatic N) is 4. The number of anilines is 2. The fraction of sp³-hybridized carbons (Fsp3) is 0.238. The molecule has 0 saturated carbocycles. The van der Waals surface area contributed by atoms with Crippen LogP contribution in [0.4, 0.5) is 11.4 Å². The predicted molar refractivity (Wildman–Crippen MR) is 109 cm³/mol. The average molecular weight is 374 g/mol. The highest BCUT2D eigenvalue weighted by Crippen LogP contribution is 2.25. The highest BCUT2D eigenvalue weighted by Gasteiger charge is 2.17. The van der Waals surface area contributed by atoms with Crippen molar-refractivity contribution in [2.24, 2.45) is 0 Å². The van der Waals surface area contributed by atoms with Gasteiger partial charge in [0, 0.05) is 44.1 Å². The van der Waals surface area contributed by atoms with Crippen molar-refractivity contribution in [2.45, 2.75) is 6.92 Å². The molecule has 4 rings (SSSR count). The number of rotatable bonds is 4. The molecule has 2 N–H and O–H groups in total. The zero-order chi connectivity index (χ0) is 19.3. The zero-order valence-corrected chi connectivity index (χ0v) is 15.7. The molecular formula is C21H22N6O. The van der Waals surface area contributed by atoms with Gasteiger partial charge in [-0.2, -0.15) is 0 Å². The smallest absolute Gasteiger partial charge is 0.274 e. The first kappa shape index (κ1) is 18.1. The Hall–Kier alpha value is -3.32. The Kier molecular flexibility index (Phi) is 5.25. The van der Waals surface area contributed by atoms with Crippen molar-refractivity contribution >= 4 is 17.3 Å². The van der Waals surface area contributed by atoms with E-state index in [0.717, 1.165) is 43.0 Å². The number of hydrogen-bond donors (Lipinski definition) is 2. The molecule has 2 aromatic heterocycles. The Morgan fingerprint density at radius 2 is 1.86 bits per heavy atom. The maximum Gasteiger partial charge on any atom is 0.274 e. The molecule has 1 aromatic carbocycles. The first-order chi connectivity index (χ1) is 13.7. The summed E-state index contributed by atoms with van der Waals surface area (Å²) in [5, 5.41) is 6.29. The van der Waals surface area contributed by atoms with Crippen LogP contribution < -0.4 is 15.5 Å². The van der Waals surface area contributed by atoms with Gasteiger partial charge < -0.3 is 15.5 Å². The highest BCUT2D eigenvalue weighted by atomic mass is 16.1. The fourth-order valence-corrected chi connectivity index (χ4v) is 3.18. The summed E-state index contributed by atoms with van der Waals surface area (Å²) >= 11 is 0. The van der Waals surface area contributed by atoms with Crippen LogP contribution in [0.1, 0.15) is 16.1 Å². The largest absolute Gasteiger partial charge is 0.367 e. The fourth-order valence-electron chi connectivity index (χ4n) is 3.18. The Bertz CT molecular complexity index is 967. The van der Waals surface area contributed by atoms with Gasteiger partial charge >= 0.3 is 0 Å². The number of piperazine rings is 1. The van der Waals surface area contributed by atoms with Crippen LogP contribution in [0, 0.1) is 6.92 Å². The molecule has 1 saturated heterocycles. The first-order valence-electron chi connectivity index (χ1n) is 9.32. The number of carbonyl (C=O) groups excluding carboxylic acids is 1. The summed E-state index contributed by atoms with van der Waals surface area (Å²) in [6.45, 7) is 5.64. The second-order valence-electron chi connectivity index (χ2n) is 6.72. The monoisotopic (exact) mass is 374 g/mol. The molecule has 3 heterocycles. The molecule has 0 atom stereocenters. The minimum absolute atomic E-state index is 0.278. The maximum atomic E-state index is 12.8. The van der Waals surface area contributed by atoms with Crippen molar-refractivity contribution in [3.05, 3.63) is 66.2 Å².